The summed E-state index contributed by atoms with van der Waals surface area (Å²) in [7, 11) is 0. The summed E-state index contributed by atoms with van der Waals surface area (Å²) in [6, 6.07) is 2.79. The number of halogens is 1. The van der Waals surface area contributed by atoms with Gasteiger partial charge in [0, 0.05) is 12.2 Å². The zero-order valence-corrected chi connectivity index (χ0v) is 11.8. The van der Waals surface area contributed by atoms with Gasteiger partial charge in [0.05, 0.1) is 10.9 Å². The van der Waals surface area contributed by atoms with Crippen molar-refractivity contribution < 1.29 is 14.7 Å². The molecule has 1 aromatic heterocycles. The lowest BCUT2D eigenvalue weighted by Crippen LogP contribution is -2.43. The quantitative estimate of drug-likeness (QED) is 0.840. The normalized spacial score (nSPS) is 22.9. The number of carbonyl (C=O) groups excluding carboxylic acids is 1. The van der Waals surface area contributed by atoms with Gasteiger partial charge in [0.2, 0.25) is 0 Å². The van der Waals surface area contributed by atoms with Crippen LogP contribution in [-0.2, 0) is 4.79 Å². The zero-order valence-electron chi connectivity index (χ0n) is 11.0. The summed E-state index contributed by atoms with van der Waals surface area (Å²) in [5.41, 5.74) is 0.253. The Bertz CT molecular complexity index is 490. The van der Waals surface area contributed by atoms with Gasteiger partial charge in [-0.2, -0.15) is 0 Å². The van der Waals surface area contributed by atoms with Gasteiger partial charge in [0.25, 0.3) is 5.91 Å². The highest BCUT2D eigenvalue weighted by Crippen LogP contribution is 2.24. The summed E-state index contributed by atoms with van der Waals surface area (Å²) < 4.78 is 0. The molecule has 1 fully saturated rings. The number of aromatic nitrogens is 1. The van der Waals surface area contributed by atoms with E-state index >= 15 is 0 Å². The number of hydrogen-bond acceptors (Lipinski definition) is 3. The monoisotopic (exact) mass is 296 g/mol. The Hall–Kier alpha value is -1.62. The Labute approximate surface area is 122 Å². The average molecular weight is 297 g/mol. The van der Waals surface area contributed by atoms with E-state index in [1.54, 1.807) is 6.07 Å². The standard InChI is InChI=1S/C14H17ClN2O3/c15-9-6-7-12(16-8-9)13(18)17-11-5-3-1-2-4-10(11)14(19)20/h6-8,10-11H,1-5H2,(H,17,18)(H,19,20)/t10-,11+/m1/s1. The van der Waals surface area contributed by atoms with E-state index in [0.717, 1.165) is 19.3 Å². The Balaban J connectivity index is 2.07. The maximum absolute atomic E-state index is 12.1. The van der Waals surface area contributed by atoms with E-state index in [1.165, 1.54) is 12.3 Å². The maximum Gasteiger partial charge on any atom is 0.308 e. The minimum atomic E-state index is -0.846. The number of rotatable bonds is 3. The van der Waals surface area contributed by atoms with Gasteiger partial charge in [-0.1, -0.05) is 30.9 Å². The van der Waals surface area contributed by atoms with Gasteiger partial charge in [-0.3, -0.25) is 9.59 Å². The number of nitrogens with one attached hydrogen (secondary N) is 1. The molecule has 0 bridgehead atoms. The van der Waals surface area contributed by atoms with Crippen LogP contribution in [0.3, 0.4) is 0 Å². The van der Waals surface area contributed by atoms with Crippen molar-refractivity contribution in [3.63, 3.8) is 0 Å². The van der Waals surface area contributed by atoms with Gasteiger partial charge in [-0.15, -0.1) is 0 Å². The van der Waals surface area contributed by atoms with Crippen molar-refractivity contribution in [2.24, 2.45) is 5.92 Å². The second kappa shape index (κ2) is 6.70. The van der Waals surface area contributed by atoms with Crippen LogP contribution < -0.4 is 5.32 Å². The molecule has 2 atom stereocenters. The Morgan fingerprint density at radius 2 is 2.00 bits per heavy atom. The van der Waals surface area contributed by atoms with Crippen LogP contribution in [0.1, 0.15) is 42.6 Å². The van der Waals surface area contributed by atoms with Crippen LogP contribution in [0.4, 0.5) is 0 Å². The molecule has 0 radical (unpaired) electrons. The van der Waals surface area contributed by atoms with Crippen molar-refractivity contribution in [1.29, 1.82) is 0 Å². The number of carboxylic acid groups (broad SMARTS) is 1. The number of nitrogens with zero attached hydrogens (tertiary/aromatic N) is 1. The van der Waals surface area contributed by atoms with Crippen molar-refractivity contribution in [3.05, 3.63) is 29.0 Å². The zero-order chi connectivity index (χ0) is 14.5. The molecule has 108 valence electrons. The fourth-order valence-electron chi connectivity index (χ4n) is 2.53. The number of hydrogen-bond donors (Lipinski definition) is 2. The summed E-state index contributed by atoms with van der Waals surface area (Å²) in [5, 5.41) is 12.5. The first-order valence-electron chi connectivity index (χ1n) is 6.73. The second-order valence-electron chi connectivity index (χ2n) is 5.02. The molecule has 1 amide bonds. The summed E-state index contributed by atoms with van der Waals surface area (Å²) >= 11 is 5.72. The lowest BCUT2D eigenvalue weighted by Gasteiger charge is -2.22. The molecule has 1 heterocycles. The minimum Gasteiger partial charge on any atom is -0.481 e. The third-order valence-corrected chi connectivity index (χ3v) is 3.83. The third kappa shape index (κ3) is 3.70. The molecular weight excluding hydrogens is 280 g/mol. The topological polar surface area (TPSA) is 79.3 Å². The first-order valence-corrected chi connectivity index (χ1v) is 7.11. The van der Waals surface area contributed by atoms with E-state index in [-0.39, 0.29) is 17.6 Å². The van der Waals surface area contributed by atoms with E-state index in [1.807, 2.05) is 0 Å². The molecule has 20 heavy (non-hydrogen) atoms. The predicted octanol–water partition coefficient (Wildman–Crippen LogP) is 2.50. The lowest BCUT2D eigenvalue weighted by atomic mass is 9.95. The third-order valence-electron chi connectivity index (χ3n) is 3.61. The van der Waals surface area contributed by atoms with Crippen molar-refractivity contribution in [2.45, 2.75) is 38.1 Å². The Kier molecular flexibility index (Phi) is 4.95. The highest BCUT2D eigenvalue weighted by molar-refractivity contribution is 6.30. The number of amides is 1. The molecule has 0 spiro atoms. The van der Waals surface area contributed by atoms with Crippen LogP contribution in [0, 0.1) is 5.92 Å². The van der Waals surface area contributed by atoms with Gasteiger partial charge in [0.15, 0.2) is 0 Å². The highest BCUT2D eigenvalue weighted by Gasteiger charge is 2.30. The predicted molar refractivity (Wildman–Crippen MR) is 74.7 cm³/mol. The fourth-order valence-corrected chi connectivity index (χ4v) is 2.64. The molecule has 2 N–H and O–H groups in total. The lowest BCUT2D eigenvalue weighted by molar-refractivity contribution is -0.142. The molecule has 6 heteroatoms. The molecule has 0 aromatic carbocycles. The molecule has 0 aliphatic heterocycles. The van der Waals surface area contributed by atoms with Gasteiger partial charge in [-0.25, -0.2) is 4.98 Å². The summed E-state index contributed by atoms with van der Waals surface area (Å²) in [6.45, 7) is 0. The van der Waals surface area contributed by atoms with Crippen LogP contribution >= 0.6 is 11.6 Å². The molecule has 0 unspecified atom stereocenters. The van der Waals surface area contributed by atoms with Gasteiger partial charge >= 0.3 is 5.97 Å². The molecule has 1 aliphatic carbocycles. The summed E-state index contributed by atoms with van der Waals surface area (Å²) in [6.07, 6.45) is 5.53. The van der Waals surface area contributed by atoms with E-state index in [9.17, 15) is 14.7 Å². The first-order chi connectivity index (χ1) is 9.58. The van der Waals surface area contributed by atoms with Crippen LogP contribution in [0.15, 0.2) is 18.3 Å². The summed E-state index contributed by atoms with van der Waals surface area (Å²) in [5.74, 6) is -1.71. The minimum absolute atomic E-state index is 0.253. The molecule has 5 nitrogen and oxygen atoms in total. The van der Waals surface area contributed by atoms with Crippen LogP contribution in [0.25, 0.3) is 0 Å². The van der Waals surface area contributed by atoms with Crippen LogP contribution in [0.5, 0.6) is 0 Å². The number of aliphatic carboxylic acids is 1. The Morgan fingerprint density at radius 3 is 2.65 bits per heavy atom. The van der Waals surface area contributed by atoms with E-state index < -0.39 is 11.9 Å². The fraction of sp³-hybridized carbons (Fsp3) is 0.500. The molecule has 1 aliphatic rings. The first kappa shape index (κ1) is 14.8. The van der Waals surface area contributed by atoms with Crippen molar-refractivity contribution in [3.8, 4) is 0 Å². The molecule has 0 saturated heterocycles. The van der Waals surface area contributed by atoms with Gasteiger partial charge in [-0.05, 0) is 25.0 Å². The largest absolute Gasteiger partial charge is 0.481 e. The molecule has 1 saturated carbocycles. The second-order valence-corrected chi connectivity index (χ2v) is 5.46. The van der Waals surface area contributed by atoms with Gasteiger partial charge in [0.1, 0.15) is 5.69 Å². The molecule has 1 aromatic rings. The average Bonchev–Trinajstić information content (AvgIpc) is 2.65. The van der Waals surface area contributed by atoms with Gasteiger partial charge < -0.3 is 10.4 Å². The van der Waals surface area contributed by atoms with Crippen LogP contribution in [-0.4, -0.2) is 28.0 Å². The molecule has 2 rings (SSSR count). The molecular formula is C14H17ClN2O3. The number of carboxylic acids is 1. The van der Waals surface area contributed by atoms with E-state index in [2.05, 4.69) is 10.3 Å². The summed E-state index contributed by atoms with van der Waals surface area (Å²) in [4.78, 5) is 27.3. The number of carbonyl (C=O) groups is 2. The highest BCUT2D eigenvalue weighted by atomic mass is 35.5. The maximum atomic E-state index is 12.1. The smallest absolute Gasteiger partial charge is 0.308 e. The SMILES string of the molecule is O=C(N[C@H]1CCCCC[C@H]1C(=O)O)c1ccc(Cl)cn1. The van der Waals surface area contributed by atoms with Crippen molar-refractivity contribution in [2.75, 3.05) is 0 Å². The van der Waals surface area contributed by atoms with Crippen molar-refractivity contribution in [1.82, 2.24) is 10.3 Å². The number of pyridine rings is 1. The van der Waals surface area contributed by atoms with Crippen LogP contribution in [0.2, 0.25) is 5.02 Å². The van der Waals surface area contributed by atoms with Crippen molar-refractivity contribution >= 4 is 23.5 Å². The van der Waals surface area contributed by atoms with E-state index in [4.69, 9.17) is 11.6 Å². The van der Waals surface area contributed by atoms with E-state index in [0.29, 0.717) is 17.9 Å². The Morgan fingerprint density at radius 1 is 1.25 bits per heavy atom.